The number of halogens is 2. The van der Waals surface area contributed by atoms with E-state index in [0.29, 0.717) is 22.0 Å². The molecule has 10 heteroatoms. The second kappa shape index (κ2) is 10.2. The third kappa shape index (κ3) is 5.70. The number of aromatic nitrogens is 2. The number of aryl methyl sites for hydroxylation is 1. The number of thiazole rings is 2. The zero-order chi connectivity index (χ0) is 22.5. The first kappa shape index (κ1) is 22.4. The van der Waals surface area contributed by atoms with Gasteiger partial charge in [-0.15, -0.1) is 34.4 Å². The molecule has 0 bridgehead atoms. The molecular weight excluding hydrogens is 472 g/mol. The zero-order valence-electron chi connectivity index (χ0n) is 16.7. The van der Waals surface area contributed by atoms with Crippen molar-refractivity contribution in [3.8, 4) is 17.0 Å². The largest absolute Gasteiger partial charge is 0.434 e. The number of nitrogens with one attached hydrogen (secondary N) is 1. The van der Waals surface area contributed by atoms with Crippen LogP contribution >= 0.6 is 34.4 Å². The molecule has 0 spiro atoms. The number of benzene rings is 2. The summed E-state index contributed by atoms with van der Waals surface area (Å²) in [5.74, 6) is 0.510. The van der Waals surface area contributed by atoms with Gasteiger partial charge in [-0.25, -0.2) is 9.97 Å². The summed E-state index contributed by atoms with van der Waals surface area (Å²) < 4.78 is 29.8. The summed E-state index contributed by atoms with van der Waals surface area (Å²) in [6.07, 6.45) is 0. The van der Waals surface area contributed by atoms with Gasteiger partial charge in [-0.2, -0.15) is 8.78 Å². The summed E-state index contributed by atoms with van der Waals surface area (Å²) in [6, 6.07) is 13.7. The van der Waals surface area contributed by atoms with Gasteiger partial charge in [0.25, 0.3) is 5.91 Å². The lowest BCUT2D eigenvalue weighted by molar-refractivity contribution is -0.0494. The van der Waals surface area contributed by atoms with Crippen molar-refractivity contribution in [2.75, 3.05) is 5.32 Å². The molecule has 0 saturated heterocycles. The number of carbonyl (C=O) groups is 1. The molecule has 0 aliphatic rings. The van der Waals surface area contributed by atoms with Crippen LogP contribution in [0.2, 0.25) is 0 Å². The first-order valence-corrected chi connectivity index (χ1v) is 12.2. The molecule has 2 aromatic carbocycles. The second-order valence-corrected chi connectivity index (χ2v) is 9.51. The topological polar surface area (TPSA) is 64.1 Å². The number of amides is 1. The van der Waals surface area contributed by atoms with Crippen molar-refractivity contribution >= 4 is 45.5 Å². The van der Waals surface area contributed by atoms with Crippen LogP contribution in [0.1, 0.15) is 21.1 Å². The maximum Gasteiger partial charge on any atom is 0.387 e. The van der Waals surface area contributed by atoms with E-state index in [2.05, 4.69) is 20.0 Å². The average Bonchev–Trinajstić information content (AvgIpc) is 3.41. The van der Waals surface area contributed by atoms with E-state index in [1.54, 1.807) is 58.8 Å². The Hall–Kier alpha value is -2.82. The van der Waals surface area contributed by atoms with E-state index < -0.39 is 6.61 Å². The third-order valence-electron chi connectivity index (χ3n) is 4.27. The predicted molar refractivity (Wildman–Crippen MR) is 125 cm³/mol. The number of ether oxygens (including phenoxy) is 1. The fraction of sp³-hybridized carbons (Fsp3) is 0.136. The van der Waals surface area contributed by atoms with Gasteiger partial charge in [0.1, 0.15) is 5.75 Å². The van der Waals surface area contributed by atoms with Crippen molar-refractivity contribution in [3.05, 3.63) is 75.6 Å². The highest BCUT2D eigenvalue weighted by Crippen LogP contribution is 2.33. The molecule has 0 atom stereocenters. The van der Waals surface area contributed by atoms with E-state index in [1.165, 1.54) is 17.4 Å². The first-order chi connectivity index (χ1) is 15.5. The van der Waals surface area contributed by atoms with Gasteiger partial charge in [-0.05, 0) is 43.3 Å². The number of nitrogens with zero attached hydrogens (tertiary/aromatic N) is 2. The van der Waals surface area contributed by atoms with Gasteiger partial charge in [-0.3, -0.25) is 10.1 Å². The number of anilines is 1. The summed E-state index contributed by atoms with van der Waals surface area (Å²) in [6.45, 7) is -0.950. The Morgan fingerprint density at radius 3 is 2.59 bits per heavy atom. The van der Waals surface area contributed by atoms with E-state index in [0.717, 1.165) is 21.3 Å². The molecule has 0 unspecified atom stereocenters. The summed E-state index contributed by atoms with van der Waals surface area (Å²) in [4.78, 5) is 22.4. The van der Waals surface area contributed by atoms with E-state index in [4.69, 9.17) is 0 Å². The smallest absolute Gasteiger partial charge is 0.387 e. The van der Waals surface area contributed by atoms with Crippen molar-refractivity contribution < 1.29 is 18.3 Å². The molecule has 0 fully saturated rings. The molecule has 0 saturated carbocycles. The van der Waals surface area contributed by atoms with Crippen LogP contribution in [-0.4, -0.2) is 22.5 Å². The van der Waals surface area contributed by atoms with Gasteiger partial charge in [-0.1, -0.05) is 12.1 Å². The average molecular weight is 490 g/mol. The number of alkyl halides is 2. The monoisotopic (exact) mass is 489 g/mol. The Labute approximate surface area is 195 Å². The van der Waals surface area contributed by atoms with Gasteiger partial charge < -0.3 is 4.74 Å². The molecule has 4 rings (SSSR count). The van der Waals surface area contributed by atoms with Crippen molar-refractivity contribution in [1.29, 1.82) is 0 Å². The number of carbonyl (C=O) groups excluding carboxylic acids is 1. The van der Waals surface area contributed by atoms with Crippen molar-refractivity contribution in [2.24, 2.45) is 0 Å². The molecule has 0 aliphatic heterocycles. The highest BCUT2D eigenvalue weighted by atomic mass is 32.2. The van der Waals surface area contributed by atoms with E-state index in [-0.39, 0.29) is 11.7 Å². The van der Waals surface area contributed by atoms with Gasteiger partial charge in [0.15, 0.2) is 5.13 Å². The Morgan fingerprint density at radius 1 is 1.09 bits per heavy atom. The van der Waals surface area contributed by atoms with Crippen LogP contribution < -0.4 is 10.1 Å². The van der Waals surface area contributed by atoms with Crippen LogP contribution in [0.25, 0.3) is 11.3 Å². The highest BCUT2D eigenvalue weighted by Gasteiger charge is 2.15. The zero-order valence-corrected chi connectivity index (χ0v) is 19.2. The standard InChI is InChI=1S/C22H17F2N3O2S3/c1-13-25-15(10-30-13)11-31-16-8-6-14(7-9-16)20(28)27-22-26-18(12-32-22)17-4-2-3-5-19(17)29-21(23)24/h2-10,12,21H,11H2,1H3,(H,26,27,28). The molecule has 32 heavy (non-hydrogen) atoms. The molecule has 4 aromatic rings. The lowest BCUT2D eigenvalue weighted by Gasteiger charge is -2.08. The van der Waals surface area contributed by atoms with Gasteiger partial charge in [0.2, 0.25) is 0 Å². The molecule has 1 N–H and O–H groups in total. The van der Waals surface area contributed by atoms with Crippen LogP contribution in [0.3, 0.4) is 0 Å². The van der Waals surface area contributed by atoms with E-state index in [1.807, 2.05) is 24.4 Å². The Balaban J connectivity index is 1.39. The highest BCUT2D eigenvalue weighted by molar-refractivity contribution is 7.98. The Morgan fingerprint density at radius 2 is 1.88 bits per heavy atom. The predicted octanol–water partition coefficient (Wildman–Crippen LogP) is 6.72. The van der Waals surface area contributed by atoms with Crippen LogP contribution in [0.4, 0.5) is 13.9 Å². The summed E-state index contributed by atoms with van der Waals surface area (Å²) >= 11 is 4.49. The first-order valence-electron chi connectivity index (χ1n) is 9.43. The third-order valence-corrected chi connectivity index (χ3v) is 6.90. The fourth-order valence-corrected chi connectivity index (χ4v) is 5.05. The SMILES string of the molecule is Cc1nc(CSc2ccc(C(=O)Nc3nc(-c4ccccc4OC(F)F)cs3)cc2)cs1. The van der Waals surface area contributed by atoms with Gasteiger partial charge in [0.05, 0.1) is 16.4 Å². The molecular formula is C22H17F2N3O2S3. The van der Waals surface area contributed by atoms with Gasteiger partial charge >= 0.3 is 6.61 Å². The van der Waals surface area contributed by atoms with Crippen molar-refractivity contribution in [2.45, 2.75) is 24.2 Å². The lowest BCUT2D eigenvalue weighted by atomic mass is 10.1. The van der Waals surface area contributed by atoms with Crippen molar-refractivity contribution in [1.82, 2.24) is 9.97 Å². The molecule has 0 aliphatic carbocycles. The van der Waals surface area contributed by atoms with Gasteiger partial charge in [0, 0.05) is 32.5 Å². The minimum atomic E-state index is -2.93. The van der Waals surface area contributed by atoms with Crippen LogP contribution in [0.15, 0.2) is 64.2 Å². The summed E-state index contributed by atoms with van der Waals surface area (Å²) in [5, 5.41) is 7.90. The quantitative estimate of drug-likeness (QED) is 0.278. The van der Waals surface area contributed by atoms with E-state index in [9.17, 15) is 13.6 Å². The minimum Gasteiger partial charge on any atom is -0.434 e. The van der Waals surface area contributed by atoms with Crippen molar-refractivity contribution in [3.63, 3.8) is 0 Å². The molecule has 2 heterocycles. The van der Waals surface area contributed by atoms with Crippen LogP contribution in [0.5, 0.6) is 5.75 Å². The Bertz CT molecular complexity index is 1210. The number of thioether (sulfide) groups is 1. The van der Waals surface area contributed by atoms with Crippen LogP contribution in [0, 0.1) is 6.92 Å². The fourth-order valence-electron chi connectivity index (χ4n) is 2.84. The minimum absolute atomic E-state index is 0.0339. The molecule has 1 amide bonds. The number of para-hydroxylation sites is 1. The number of rotatable bonds is 8. The molecule has 0 radical (unpaired) electrons. The Kier molecular flexibility index (Phi) is 7.13. The maximum atomic E-state index is 12.6. The number of hydrogen-bond acceptors (Lipinski definition) is 7. The molecule has 2 aromatic heterocycles. The lowest BCUT2D eigenvalue weighted by Crippen LogP contribution is -2.11. The van der Waals surface area contributed by atoms with Crippen LogP contribution in [-0.2, 0) is 5.75 Å². The summed E-state index contributed by atoms with van der Waals surface area (Å²) in [7, 11) is 0. The molecule has 164 valence electrons. The summed E-state index contributed by atoms with van der Waals surface area (Å²) in [5.41, 5.74) is 2.42. The van der Waals surface area contributed by atoms with E-state index >= 15 is 0 Å². The second-order valence-electron chi connectivity index (χ2n) is 6.54. The molecule has 5 nitrogen and oxygen atoms in total. The maximum absolute atomic E-state index is 12.6. The normalized spacial score (nSPS) is 11.0. The number of hydrogen-bond donors (Lipinski definition) is 1.